The van der Waals surface area contributed by atoms with E-state index in [1.807, 2.05) is 6.07 Å². The van der Waals surface area contributed by atoms with Gasteiger partial charge < -0.3 is 9.52 Å². The van der Waals surface area contributed by atoms with Gasteiger partial charge in [-0.15, -0.1) is 0 Å². The molecule has 0 saturated heterocycles. The zero-order valence-corrected chi connectivity index (χ0v) is 14.9. The summed E-state index contributed by atoms with van der Waals surface area (Å²) in [7, 11) is 0. The van der Waals surface area contributed by atoms with Gasteiger partial charge in [-0.05, 0) is 54.1 Å². The number of hydrogen-bond donors (Lipinski definition) is 1. The molecular weight excluding hydrogens is 384 g/mol. The van der Waals surface area contributed by atoms with Crippen LogP contribution >= 0.6 is 11.6 Å². The largest absolute Gasteiger partial charge is 0.478 e. The molecule has 0 fully saturated rings. The first-order chi connectivity index (χ1) is 13.4. The van der Waals surface area contributed by atoms with Gasteiger partial charge in [0.2, 0.25) is 0 Å². The number of aromatic carboxylic acids is 1. The summed E-state index contributed by atoms with van der Waals surface area (Å²) >= 11 is 5.87. The van der Waals surface area contributed by atoms with Crippen LogP contribution in [0.2, 0.25) is 5.02 Å². The fourth-order valence-electron chi connectivity index (χ4n) is 2.51. The van der Waals surface area contributed by atoms with Crippen LogP contribution in [0.15, 0.2) is 59.0 Å². The van der Waals surface area contributed by atoms with Crippen LogP contribution in [0.5, 0.6) is 0 Å². The van der Waals surface area contributed by atoms with Gasteiger partial charge in [-0.2, -0.15) is 5.26 Å². The number of rotatable bonds is 5. The van der Waals surface area contributed by atoms with Crippen molar-refractivity contribution < 1.29 is 19.2 Å². The van der Waals surface area contributed by atoms with E-state index >= 15 is 0 Å². The quantitative estimate of drug-likeness (QED) is 0.357. The number of nitriles is 1. The van der Waals surface area contributed by atoms with E-state index in [2.05, 4.69) is 0 Å². The molecule has 7 nitrogen and oxygen atoms in total. The highest BCUT2D eigenvalue weighted by Crippen LogP contribution is 2.28. The molecule has 0 radical (unpaired) electrons. The third-order valence-electron chi connectivity index (χ3n) is 3.90. The van der Waals surface area contributed by atoms with Crippen molar-refractivity contribution in [2.24, 2.45) is 0 Å². The van der Waals surface area contributed by atoms with Crippen LogP contribution in [0.4, 0.5) is 5.69 Å². The summed E-state index contributed by atoms with van der Waals surface area (Å²) < 4.78 is 5.69. The maximum absolute atomic E-state index is 11.2. The highest BCUT2D eigenvalue weighted by atomic mass is 35.5. The summed E-state index contributed by atoms with van der Waals surface area (Å²) in [5.74, 6) is -0.369. The molecule has 1 N–H and O–H groups in total. The Kier molecular flexibility index (Phi) is 5.25. The van der Waals surface area contributed by atoms with Crippen LogP contribution in [0, 0.1) is 21.4 Å². The number of nitrogens with zero attached hydrogens (tertiary/aromatic N) is 2. The summed E-state index contributed by atoms with van der Waals surface area (Å²) in [6.07, 6.45) is 1.50. The van der Waals surface area contributed by atoms with Gasteiger partial charge >= 0.3 is 5.97 Å². The number of non-ortho nitro benzene ring substituents is 1. The van der Waals surface area contributed by atoms with Crippen molar-refractivity contribution in [2.45, 2.75) is 0 Å². The third kappa shape index (κ3) is 3.92. The minimum Gasteiger partial charge on any atom is -0.478 e. The lowest BCUT2D eigenvalue weighted by atomic mass is 10.1. The second-order valence-electron chi connectivity index (χ2n) is 5.68. The van der Waals surface area contributed by atoms with Crippen molar-refractivity contribution in [3.63, 3.8) is 0 Å². The van der Waals surface area contributed by atoms with E-state index in [1.54, 1.807) is 18.2 Å². The molecule has 3 rings (SSSR count). The minimum atomic E-state index is -1.15. The highest BCUT2D eigenvalue weighted by Gasteiger charge is 2.13. The predicted molar refractivity (Wildman–Crippen MR) is 103 cm³/mol. The van der Waals surface area contributed by atoms with Gasteiger partial charge in [0, 0.05) is 17.7 Å². The molecule has 0 amide bonds. The van der Waals surface area contributed by atoms with Gasteiger partial charge in [0.25, 0.3) is 5.69 Å². The average molecular weight is 395 g/mol. The summed E-state index contributed by atoms with van der Waals surface area (Å²) in [6.45, 7) is 0. The fourth-order valence-corrected chi connectivity index (χ4v) is 2.71. The molecular formula is C20H11ClN2O5. The van der Waals surface area contributed by atoms with Crippen molar-refractivity contribution in [3.8, 4) is 17.4 Å². The molecule has 0 bridgehead atoms. The molecule has 2 aromatic carbocycles. The molecule has 0 aliphatic heterocycles. The van der Waals surface area contributed by atoms with Crippen LogP contribution in [0.1, 0.15) is 21.7 Å². The van der Waals surface area contributed by atoms with Crippen molar-refractivity contribution in [1.29, 1.82) is 5.26 Å². The first kappa shape index (κ1) is 18.9. The van der Waals surface area contributed by atoms with E-state index in [0.717, 1.165) is 0 Å². The number of benzene rings is 2. The normalized spacial score (nSPS) is 11.1. The Bertz CT molecular complexity index is 1140. The Morgan fingerprint density at radius 2 is 1.89 bits per heavy atom. The van der Waals surface area contributed by atoms with Crippen molar-refractivity contribution in [1.82, 2.24) is 0 Å². The Morgan fingerprint density at radius 1 is 1.18 bits per heavy atom. The average Bonchev–Trinajstić information content (AvgIpc) is 3.15. The summed E-state index contributed by atoms with van der Waals surface area (Å²) in [5.41, 5.74) is 1.17. The molecule has 1 heterocycles. The zero-order valence-electron chi connectivity index (χ0n) is 14.1. The second kappa shape index (κ2) is 7.78. The molecule has 138 valence electrons. The Morgan fingerprint density at radius 3 is 2.50 bits per heavy atom. The van der Waals surface area contributed by atoms with Gasteiger partial charge in [-0.25, -0.2) is 4.79 Å². The molecule has 0 aliphatic carbocycles. The van der Waals surface area contributed by atoms with Gasteiger partial charge in [-0.1, -0.05) is 11.6 Å². The van der Waals surface area contributed by atoms with E-state index in [4.69, 9.17) is 16.0 Å². The first-order valence-corrected chi connectivity index (χ1v) is 8.26. The maximum atomic E-state index is 11.2. The minimum absolute atomic E-state index is 0.0451. The summed E-state index contributed by atoms with van der Waals surface area (Å²) in [5, 5.41) is 29.4. The van der Waals surface area contributed by atoms with E-state index in [0.29, 0.717) is 22.6 Å². The molecule has 0 spiro atoms. The number of carbonyl (C=O) groups is 1. The smallest absolute Gasteiger partial charge is 0.337 e. The number of hydrogen-bond acceptors (Lipinski definition) is 5. The summed E-state index contributed by atoms with van der Waals surface area (Å²) in [4.78, 5) is 21.4. The van der Waals surface area contributed by atoms with Gasteiger partial charge in [0.05, 0.1) is 27.2 Å². The molecule has 0 saturated carbocycles. The Labute approximate surface area is 163 Å². The SMILES string of the molecule is N#CC(=Cc1ccc(-c2ccc(Cl)c(C(=O)O)c2)o1)c1ccc([N+](=O)[O-])cc1. The lowest BCUT2D eigenvalue weighted by molar-refractivity contribution is -0.384. The third-order valence-corrected chi connectivity index (χ3v) is 4.23. The number of allylic oxidation sites excluding steroid dienone is 1. The fraction of sp³-hybridized carbons (Fsp3) is 0. The number of nitro groups is 1. The van der Waals surface area contributed by atoms with Crippen LogP contribution in [0.3, 0.4) is 0 Å². The molecule has 3 aromatic rings. The highest BCUT2D eigenvalue weighted by molar-refractivity contribution is 6.33. The van der Waals surface area contributed by atoms with Crippen molar-refractivity contribution >= 4 is 34.9 Å². The number of furan rings is 1. The number of carboxylic acids is 1. The molecule has 8 heteroatoms. The lowest BCUT2D eigenvalue weighted by Gasteiger charge is -2.02. The summed E-state index contributed by atoms with van der Waals surface area (Å²) in [6, 6.07) is 15.4. The van der Waals surface area contributed by atoms with Crippen molar-refractivity contribution in [2.75, 3.05) is 0 Å². The van der Waals surface area contributed by atoms with Gasteiger partial charge in [0.1, 0.15) is 11.5 Å². The molecule has 0 atom stereocenters. The van der Waals surface area contributed by atoms with E-state index in [-0.39, 0.29) is 21.8 Å². The topological polar surface area (TPSA) is 117 Å². The standard InChI is InChI=1S/C20H11ClN2O5/c21-18-7-3-13(10-17(18)20(24)25)19-8-6-16(28-19)9-14(11-22)12-1-4-15(5-2-12)23(26)27/h1-10H,(H,24,25). The number of halogens is 1. The van der Waals surface area contributed by atoms with Crippen LogP contribution < -0.4 is 0 Å². The number of carboxylic acid groups (broad SMARTS) is 1. The van der Waals surface area contributed by atoms with E-state index in [1.165, 1.54) is 42.5 Å². The van der Waals surface area contributed by atoms with Crippen LogP contribution in [0.25, 0.3) is 23.0 Å². The molecule has 0 unspecified atom stereocenters. The Hall–Kier alpha value is -3.89. The van der Waals surface area contributed by atoms with Crippen LogP contribution in [-0.4, -0.2) is 16.0 Å². The van der Waals surface area contributed by atoms with Gasteiger partial charge in [-0.3, -0.25) is 10.1 Å². The Balaban J connectivity index is 1.92. The molecule has 28 heavy (non-hydrogen) atoms. The zero-order chi connectivity index (χ0) is 20.3. The predicted octanol–water partition coefficient (Wildman–Crippen LogP) is 5.27. The van der Waals surface area contributed by atoms with Crippen LogP contribution in [-0.2, 0) is 0 Å². The molecule has 1 aromatic heterocycles. The second-order valence-corrected chi connectivity index (χ2v) is 6.08. The molecule has 0 aliphatic rings. The monoisotopic (exact) mass is 394 g/mol. The van der Waals surface area contributed by atoms with Crippen molar-refractivity contribution in [3.05, 3.63) is 86.6 Å². The number of nitro benzene ring substituents is 1. The maximum Gasteiger partial charge on any atom is 0.337 e. The van der Waals surface area contributed by atoms with E-state index in [9.17, 15) is 25.3 Å². The van der Waals surface area contributed by atoms with E-state index < -0.39 is 10.9 Å². The lowest BCUT2D eigenvalue weighted by Crippen LogP contribution is -1.97. The van der Waals surface area contributed by atoms with Gasteiger partial charge in [0.15, 0.2) is 0 Å². The first-order valence-electron chi connectivity index (χ1n) is 7.88.